The van der Waals surface area contributed by atoms with Crippen LogP contribution in [0.1, 0.15) is 48.0 Å². The fourth-order valence-electron chi connectivity index (χ4n) is 4.21. The lowest BCUT2D eigenvalue weighted by Crippen LogP contribution is -2.30. The van der Waals surface area contributed by atoms with Crippen molar-refractivity contribution in [1.82, 2.24) is 29.5 Å². The third-order valence-electron chi connectivity index (χ3n) is 6.90. The number of aliphatic hydroxyl groups is 1. The summed E-state index contributed by atoms with van der Waals surface area (Å²) in [5, 5.41) is 25.3. The minimum Gasteiger partial charge on any atom is -0.394 e. The number of carbonyl (C=O) groups is 1. The minimum absolute atomic E-state index is 0.0384. The molecule has 1 fully saturated rings. The summed E-state index contributed by atoms with van der Waals surface area (Å²) in [6.45, 7) is 5.65. The summed E-state index contributed by atoms with van der Waals surface area (Å²) in [5.41, 5.74) is 4.42. The van der Waals surface area contributed by atoms with Crippen molar-refractivity contribution in [2.75, 3.05) is 11.9 Å². The third kappa shape index (κ3) is 4.24. The molecule has 0 bridgehead atoms. The fourth-order valence-corrected chi connectivity index (χ4v) is 4.21. The summed E-state index contributed by atoms with van der Waals surface area (Å²) >= 11 is 0. The van der Waals surface area contributed by atoms with Gasteiger partial charge in [-0.05, 0) is 44.9 Å². The van der Waals surface area contributed by atoms with Crippen LogP contribution in [0.4, 0.5) is 10.1 Å². The van der Waals surface area contributed by atoms with E-state index in [2.05, 4.69) is 25.7 Å². The van der Waals surface area contributed by atoms with E-state index in [9.17, 15) is 14.3 Å². The number of alkyl halides is 1. The summed E-state index contributed by atoms with van der Waals surface area (Å²) in [5.74, 6) is 0.0239. The van der Waals surface area contributed by atoms with Crippen molar-refractivity contribution in [3.63, 3.8) is 0 Å². The van der Waals surface area contributed by atoms with Crippen LogP contribution in [-0.2, 0) is 5.54 Å². The number of hydrogen-bond donors (Lipinski definition) is 2. The van der Waals surface area contributed by atoms with Crippen molar-refractivity contribution in [2.45, 2.75) is 44.8 Å². The summed E-state index contributed by atoms with van der Waals surface area (Å²) in [7, 11) is 0. The quantitative estimate of drug-likeness (QED) is 0.330. The molecular weight excluding hydrogens is 489 g/mol. The molecule has 1 saturated carbocycles. The van der Waals surface area contributed by atoms with Crippen molar-refractivity contribution >= 4 is 17.1 Å². The molecule has 2 atom stereocenters. The van der Waals surface area contributed by atoms with Crippen LogP contribution in [-0.4, -0.2) is 53.3 Å². The van der Waals surface area contributed by atoms with Gasteiger partial charge in [-0.25, -0.2) is 8.91 Å². The van der Waals surface area contributed by atoms with Crippen molar-refractivity contribution < 1.29 is 18.8 Å². The SMILES string of the molecule is Cc1ccc(-c2noc([C@H]3C[C@@H]3F)n2)cc1NC(=O)c1cnn2cc(-c3cnn(C(C)(C)CO)c3)ccc12. The molecule has 5 aromatic rings. The van der Waals surface area contributed by atoms with E-state index >= 15 is 0 Å². The van der Waals surface area contributed by atoms with Crippen LogP contribution in [0.25, 0.3) is 28.0 Å². The predicted molar refractivity (Wildman–Crippen MR) is 137 cm³/mol. The van der Waals surface area contributed by atoms with Crippen molar-refractivity contribution in [3.8, 4) is 22.5 Å². The molecular formula is C27H26FN7O3. The highest BCUT2D eigenvalue weighted by molar-refractivity contribution is 6.09. The molecule has 0 saturated heterocycles. The van der Waals surface area contributed by atoms with Crippen LogP contribution >= 0.6 is 0 Å². The maximum Gasteiger partial charge on any atom is 0.259 e. The maximum absolute atomic E-state index is 13.4. The molecule has 4 aromatic heterocycles. The van der Waals surface area contributed by atoms with Crippen LogP contribution in [0.5, 0.6) is 0 Å². The number of pyridine rings is 1. The second-order valence-corrected chi connectivity index (χ2v) is 10.2. The first kappa shape index (κ1) is 24.0. The second-order valence-electron chi connectivity index (χ2n) is 10.2. The van der Waals surface area contributed by atoms with Gasteiger partial charge in [0.1, 0.15) is 6.17 Å². The van der Waals surface area contributed by atoms with Gasteiger partial charge in [-0.15, -0.1) is 0 Å². The first-order valence-electron chi connectivity index (χ1n) is 12.3. The van der Waals surface area contributed by atoms with Gasteiger partial charge in [0.2, 0.25) is 11.7 Å². The Hall–Kier alpha value is -4.38. The first-order chi connectivity index (χ1) is 18.2. The zero-order valence-corrected chi connectivity index (χ0v) is 21.1. The van der Waals surface area contributed by atoms with E-state index in [0.717, 1.165) is 16.7 Å². The predicted octanol–water partition coefficient (Wildman–Crippen LogP) is 4.36. The first-order valence-corrected chi connectivity index (χ1v) is 12.3. The Morgan fingerprint density at radius 2 is 1.95 bits per heavy atom. The van der Waals surface area contributed by atoms with Gasteiger partial charge in [-0.1, -0.05) is 23.4 Å². The third-order valence-corrected chi connectivity index (χ3v) is 6.90. The molecule has 194 valence electrons. The number of rotatable bonds is 7. The molecule has 4 heterocycles. The van der Waals surface area contributed by atoms with Crippen molar-refractivity contribution in [2.24, 2.45) is 0 Å². The standard InChI is InChI=1S/C27H26FN7O3/c1-15-4-5-16(24-32-26(38-33-24)19-9-21(19)28)8-22(15)31-25(37)20-11-29-34-12-17(6-7-23(20)34)18-10-30-35(13-18)27(2,3)14-36/h4-8,10-13,19,21,36H,9,14H2,1-3H3,(H,31,37)/t19-,21-/m0/s1. The van der Waals surface area contributed by atoms with E-state index < -0.39 is 11.7 Å². The lowest BCUT2D eigenvalue weighted by Gasteiger charge is -2.22. The molecule has 1 aliphatic rings. The number of hydrogen-bond acceptors (Lipinski definition) is 7. The van der Waals surface area contributed by atoms with E-state index in [0.29, 0.717) is 40.5 Å². The lowest BCUT2D eigenvalue weighted by atomic mass is 10.1. The molecule has 0 radical (unpaired) electrons. The highest BCUT2D eigenvalue weighted by Crippen LogP contribution is 2.43. The monoisotopic (exact) mass is 515 g/mol. The number of fused-ring (bicyclic) bond motifs is 1. The molecule has 2 N–H and O–H groups in total. The molecule has 1 aliphatic carbocycles. The molecule has 6 rings (SSSR count). The van der Waals surface area contributed by atoms with Gasteiger partial charge in [-0.2, -0.15) is 15.2 Å². The number of amides is 1. The molecule has 38 heavy (non-hydrogen) atoms. The Balaban J connectivity index is 1.23. The van der Waals surface area contributed by atoms with Gasteiger partial charge in [0.15, 0.2) is 0 Å². The molecule has 0 spiro atoms. The average molecular weight is 516 g/mol. The Bertz CT molecular complexity index is 1670. The van der Waals surface area contributed by atoms with Gasteiger partial charge < -0.3 is 14.9 Å². The Morgan fingerprint density at radius 3 is 2.71 bits per heavy atom. The molecule has 1 aromatic carbocycles. The van der Waals surface area contributed by atoms with Crippen molar-refractivity contribution in [3.05, 3.63) is 72.1 Å². The topological polar surface area (TPSA) is 123 Å². The minimum atomic E-state index is -0.922. The zero-order chi connectivity index (χ0) is 26.6. The summed E-state index contributed by atoms with van der Waals surface area (Å²) < 4.78 is 21.9. The number of anilines is 1. The lowest BCUT2D eigenvalue weighted by molar-refractivity contribution is 0.102. The van der Waals surface area contributed by atoms with E-state index in [1.807, 2.05) is 57.4 Å². The number of halogens is 1. The number of aliphatic hydroxyl groups excluding tert-OH is 1. The van der Waals surface area contributed by atoms with E-state index in [4.69, 9.17) is 4.52 Å². The number of benzene rings is 1. The van der Waals surface area contributed by atoms with Crippen LogP contribution in [0.15, 0.2) is 59.6 Å². The number of aromatic nitrogens is 6. The molecule has 11 heteroatoms. The van der Waals surface area contributed by atoms with Gasteiger partial charge in [0.05, 0.1) is 41.5 Å². The highest BCUT2D eigenvalue weighted by Gasteiger charge is 2.43. The van der Waals surface area contributed by atoms with Gasteiger partial charge in [-0.3, -0.25) is 9.48 Å². The molecule has 0 aliphatic heterocycles. The summed E-state index contributed by atoms with van der Waals surface area (Å²) in [6.07, 6.45) is 6.45. The number of nitrogens with one attached hydrogen (secondary N) is 1. The fraction of sp³-hybridized carbons (Fsp3) is 0.296. The highest BCUT2D eigenvalue weighted by atomic mass is 19.1. The largest absolute Gasteiger partial charge is 0.394 e. The van der Waals surface area contributed by atoms with Gasteiger partial charge in [0.25, 0.3) is 5.91 Å². The number of carbonyl (C=O) groups excluding carboxylic acids is 1. The van der Waals surface area contributed by atoms with Gasteiger partial charge in [0, 0.05) is 34.8 Å². The van der Waals surface area contributed by atoms with E-state index in [-0.39, 0.29) is 18.4 Å². The number of nitrogens with zero attached hydrogens (tertiary/aromatic N) is 6. The Labute approximate surface area is 217 Å². The maximum atomic E-state index is 13.4. The van der Waals surface area contributed by atoms with E-state index in [1.165, 1.54) is 6.20 Å². The van der Waals surface area contributed by atoms with Crippen LogP contribution in [0.2, 0.25) is 0 Å². The van der Waals surface area contributed by atoms with Crippen LogP contribution in [0.3, 0.4) is 0 Å². The molecule has 0 unspecified atom stereocenters. The van der Waals surface area contributed by atoms with Crippen molar-refractivity contribution in [1.29, 1.82) is 0 Å². The number of aryl methyl sites for hydroxylation is 1. The van der Waals surface area contributed by atoms with Gasteiger partial charge >= 0.3 is 0 Å². The normalized spacial score (nSPS) is 17.2. The van der Waals surface area contributed by atoms with Crippen LogP contribution in [0, 0.1) is 6.92 Å². The zero-order valence-electron chi connectivity index (χ0n) is 21.1. The Kier molecular flexibility index (Phi) is 5.60. The summed E-state index contributed by atoms with van der Waals surface area (Å²) in [4.78, 5) is 17.6. The smallest absolute Gasteiger partial charge is 0.259 e. The van der Waals surface area contributed by atoms with Crippen LogP contribution < -0.4 is 5.32 Å². The van der Waals surface area contributed by atoms with E-state index in [1.54, 1.807) is 21.5 Å². The average Bonchev–Trinajstić information content (AvgIpc) is 3.36. The summed E-state index contributed by atoms with van der Waals surface area (Å²) in [6, 6.07) is 9.21. The second kappa shape index (κ2) is 8.88. The molecule has 10 nitrogen and oxygen atoms in total. The Morgan fingerprint density at radius 1 is 1.16 bits per heavy atom. The molecule has 1 amide bonds.